The molecule has 1 aliphatic rings. The summed E-state index contributed by atoms with van der Waals surface area (Å²) < 4.78 is 2.41. The van der Waals surface area contributed by atoms with Gasteiger partial charge in [0, 0.05) is 44.9 Å². The Morgan fingerprint density at radius 1 is 0.312 bits per heavy atom. The van der Waals surface area contributed by atoms with E-state index in [1.54, 1.807) is 0 Å². The van der Waals surface area contributed by atoms with E-state index in [4.69, 9.17) is 0 Å². The summed E-state index contributed by atoms with van der Waals surface area (Å²) in [6.45, 7) is 0. The van der Waals surface area contributed by atoms with Crippen molar-refractivity contribution in [3.05, 3.63) is 278 Å². The molecule has 3 heteroatoms. The van der Waals surface area contributed by atoms with Gasteiger partial charge in [0.25, 0.3) is 0 Å². The second kappa shape index (κ2) is 15.5. The predicted octanol–water partition coefficient (Wildman–Crippen LogP) is 16.0. The molecule has 0 saturated heterocycles. The standard InChI is InChI=1S/C61H43N3/c1-6-21-44(22-7-1)45-23-20-32-50(41-45)62(52-38-40-56-55-34-17-19-36-59(55)63(60(56)43-52)47-26-10-3-11-27-47)51-37-39-54-53-33-16-18-35-57(53)61(58(54)42-51,46-24-8-2-9-25-46)64(48-28-12-4-13-29-48)49-30-14-5-15-31-49/h1-43H. The average molecular weight is 818 g/mol. The van der Waals surface area contributed by atoms with Crippen LogP contribution in [0.5, 0.6) is 0 Å². The molecule has 0 saturated carbocycles. The van der Waals surface area contributed by atoms with Gasteiger partial charge in [-0.1, -0.05) is 182 Å². The zero-order valence-electron chi connectivity index (χ0n) is 35.2. The number of benzene rings is 10. The van der Waals surface area contributed by atoms with E-state index in [1.165, 1.54) is 49.7 Å². The Labute approximate surface area is 374 Å². The van der Waals surface area contributed by atoms with Gasteiger partial charge in [-0.25, -0.2) is 0 Å². The van der Waals surface area contributed by atoms with Crippen LogP contribution in [0, 0.1) is 0 Å². The number of hydrogen-bond donors (Lipinski definition) is 0. The molecule has 12 rings (SSSR count). The maximum absolute atomic E-state index is 2.56. The molecule has 3 nitrogen and oxygen atoms in total. The van der Waals surface area contributed by atoms with Gasteiger partial charge in [-0.05, 0) is 118 Å². The minimum absolute atomic E-state index is 0.743. The first-order chi connectivity index (χ1) is 31.8. The Kier molecular flexibility index (Phi) is 9.05. The van der Waals surface area contributed by atoms with Crippen LogP contribution >= 0.6 is 0 Å². The van der Waals surface area contributed by atoms with E-state index in [2.05, 4.69) is 275 Å². The summed E-state index contributed by atoms with van der Waals surface area (Å²) in [4.78, 5) is 5.01. The van der Waals surface area contributed by atoms with E-state index < -0.39 is 5.54 Å². The van der Waals surface area contributed by atoms with Crippen LogP contribution in [-0.2, 0) is 5.54 Å². The van der Waals surface area contributed by atoms with Crippen LogP contribution in [0.1, 0.15) is 16.7 Å². The van der Waals surface area contributed by atoms with Gasteiger partial charge < -0.3 is 14.4 Å². The smallest absolute Gasteiger partial charge is 0.122 e. The van der Waals surface area contributed by atoms with Crippen molar-refractivity contribution in [2.45, 2.75) is 5.54 Å². The molecule has 0 radical (unpaired) electrons. The van der Waals surface area contributed by atoms with Crippen LogP contribution in [0.4, 0.5) is 28.4 Å². The number of anilines is 5. The van der Waals surface area contributed by atoms with E-state index in [1.807, 2.05) is 0 Å². The second-order valence-electron chi connectivity index (χ2n) is 16.5. The molecule has 0 aliphatic heterocycles. The van der Waals surface area contributed by atoms with E-state index in [-0.39, 0.29) is 0 Å². The first-order valence-corrected chi connectivity index (χ1v) is 22.0. The van der Waals surface area contributed by atoms with Crippen molar-refractivity contribution in [1.82, 2.24) is 4.57 Å². The summed E-state index contributed by atoms with van der Waals surface area (Å²) in [5.74, 6) is 0. The number of aromatic nitrogens is 1. The molecule has 10 aromatic carbocycles. The van der Waals surface area contributed by atoms with Crippen molar-refractivity contribution in [2.75, 3.05) is 9.80 Å². The zero-order valence-corrected chi connectivity index (χ0v) is 35.2. The van der Waals surface area contributed by atoms with Crippen LogP contribution in [0.2, 0.25) is 0 Å². The quantitative estimate of drug-likeness (QED) is 0.144. The topological polar surface area (TPSA) is 11.4 Å². The highest BCUT2D eigenvalue weighted by atomic mass is 15.2. The summed E-state index contributed by atoms with van der Waals surface area (Å²) in [5, 5.41) is 2.45. The number of para-hydroxylation sites is 4. The lowest BCUT2D eigenvalue weighted by Crippen LogP contribution is -2.44. The molecule has 1 heterocycles. The molecule has 1 aromatic heterocycles. The highest BCUT2D eigenvalue weighted by molar-refractivity contribution is 6.10. The monoisotopic (exact) mass is 817 g/mol. The Balaban J connectivity index is 1.16. The fourth-order valence-corrected chi connectivity index (χ4v) is 10.3. The van der Waals surface area contributed by atoms with Gasteiger partial charge in [0.2, 0.25) is 0 Å². The maximum Gasteiger partial charge on any atom is 0.122 e. The summed E-state index contributed by atoms with van der Waals surface area (Å²) in [7, 11) is 0. The minimum atomic E-state index is -0.743. The van der Waals surface area contributed by atoms with Crippen molar-refractivity contribution < 1.29 is 0 Å². The Morgan fingerprint density at radius 3 is 1.56 bits per heavy atom. The molecular weight excluding hydrogens is 775 g/mol. The number of nitrogens with zero attached hydrogens (tertiary/aromatic N) is 3. The molecule has 0 amide bonds. The SMILES string of the molecule is c1ccc(-c2cccc(N(c3ccc4c(c3)C(c3ccccc3)(N(c3ccccc3)c3ccccc3)c3ccccc3-4)c3ccc4c5ccccc5n(-c5ccccc5)c4c3)c2)cc1. The highest BCUT2D eigenvalue weighted by Crippen LogP contribution is 2.58. The third kappa shape index (κ3) is 5.97. The van der Waals surface area contributed by atoms with E-state index in [0.717, 1.165) is 45.2 Å². The van der Waals surface area contributed by atoms with Gasteiger partial charge in [0.15, 0.2) is 0 Å². The van der Waals surface area contributed by atoms with Gasteiger partial charge in [-0.3, -0.25) is 0 Å². The Bertz CT molecular complexity index is 3400. The molecular formula is C61H43N3. The molecule has 64 heavy (non-hydrogen) atoms. The van der Waals surface area contributed by atoms with Gasteiger partial charge in [-0.2, -0.15) is 0 Å². The van der Waals surface area contributed by atoms with Crippen LogP contribution in [-0.4, -0.2) is 4.57 Å². The highest BCUT2D eigenvalue weighted by Gasteiger charge is 2.50. The third-order valence-electron chi connectivity index (χ3n) is 13.0. The van der Waals surface area contributed by atoms with Crippen molar-refractivity contribution in [1.29, 1.82) is 0 Å². The molecule has 11 aromatic rings. The number of rotatable bonds is 9. The average Bonchev–Trinajstić information content (AvgIpc) is 3.86. The Hall–Kier alpha value is -8.40. The van der Waals surface area contributed by atoms with E-state index >= 15 is 0 Å². The van der Waals surface area contributed by atoms with Gasteiger partial charge in [0.1, 0.15) is 5.54 Å². The van der Waals surface area contributed by atoms with Crippen LogP contribution in [0.3, 0.4) is 0 Å². The van der Waals surface area contributed by atoms with Crippen molar-refractivity contribution in [3.8, 4) is 27.9 Å². The fourth-order valence-electron chi connectivity index (χ4n) is 10.3. The number of fused-ring (bicyclic) bond motifs is 6. The molecule has 1 atom stereocenters. The molecule has 1 unspecified atom stereocenters. The first-order valence-electron chi connectivity index (χ1n) is 22.0. The van der Waals surface area contributed by atoms with Crippen LogP contribution < -0.4 is 9.80 Å². The fraction of sp³-hybridized carbons (Fsp3) is 0.0164. The largest absolute Gasteiger partial charge is 0.323 e. The summed E-state index contributed by atoms with van der Waals surface area (Å²) in [6, 6.07) is 95.1. The normalized spacial score (nSPS) is 14.0. The molecule has 0 fully saturated rings. The molecule has 0 bridgehead atoms. The van der Waals surface area contributed by atoms with Crippen molar-refractivity contribution >= 4 is 50.2 Å². The van der Waals surface area contributed by atoms with E-state index in [0.29, 0.717) is 0 Å². The van der Waals surface area contributed by atoms with Crippen molar-refractivity contribution in [2.24, 2.45) is 0 Å². The lowest BCUT2D eigenvalue weighted by molar-refractivity contribution is 0.644. The summed E-state index contributed by atoms with van der Waals surface area (Å²) in [5.41, 5.74) is 16.6. The Morgan fingerprint density at radius 2 is 0.828 bits per heavy atom. The van der Waals surface area contributed by atoms with E-state index in [9.17, 15) is 0 Å². The molecule has 302 valence electrons. The van der Waals surface area contributed by atoms with Crippen LogP contribution in [0.15, 0.2) is 261 Å². The summed E-state index contributed by atoms with van der Waals surface area (Å²) in [6.07, 6.45) is 0. The molecule has 0 N–H and O–H groups in total. The van der Waals surface area contributed by atoms with Gasteiger partial charge in [0.05, 0.1) is 11.0 Å². The maximum atomic E-state index is 2.56. The molecule has 1 aliphatic carbocycles. The predicted molar refractivity (Wildman–Crippen MR) is 268 cm³/mol. The summed E-state index contributed by atoms with van der Waals surface area (Å²) >= 11 is 0. The molecule has 0 spiro atoms. The lowest BCUT2D eigenvalue weighted by atomic mass is 9.78. The van der Waals surface area contributed by atoms with Crippen molar-refractivity contribution in [3.63, 3.8) is 0 Å². The third-order valence-corrected chi connectivity index (χ3v) is 13.0. The van der Waals surface area contributed by atoms with Crippen LogP contribution in [0.25, 0.3) is 49.7 Å². The zero-order chi connectivity index (χ0) is 42.5. The van der Waals surface area contributed by atoms with Gasteiger partial charge in [-0.15, -0.1) is 0 Å². The first kappa shape index (κ1) is 37.4. The number of hydrogen-bond acceptors (Lipinski definition) is 2. The minimum Gasteiger partial charge on any atom is -0.323 e. The second-order valence-corrected chi connectivity index (χ2v) is 16.5. The lowest BCUT2D eigenvalue weighted by Gasteiger charge is -2.45. The van der Waals surface area contributed by atoms with Gasteiger partial charge >= 0.3 is 0 Å².